The number of aliphatic carboxylic acids is 1. The van der Waals surface area contributed by atoms with Gasteiger partial charge in [0.2, 0.25) is 0 Å². The van der Waals surface area contributed by atoms with Crippen LogP contribution in [0, 0.1) is 0 Å². The highest BCUT2D eigenvalue weighted by atomic mass is 32.2. The fraction of sp³-hybridized carbons (Fsp3) is 0.462. The maximum absolute atomic E-state index is 11.5. The third kappa shape index (κ3) is 4.16. The zero-order valence-electron chi connectivity index (χ0n) is 11.2. The standard InChI is InChI=1S/C13H17NO4S2/c1-14(10-6-7-20(17,18)9-10)8-12-3-2-11(19-12)4-5-13(15)16/h2-5,10H,6-9H2,1H3,(H,15,16). The average Bonchev–Trinajstić information content (AvgIpc) is 2.93. The zero-order chi connectivity index (χ0) is 14.8. The molecule has 1 fully saturated rings. The summed E-state index contributed by atoms with van der Waals surface area (Å²) in [5, 5.41) is 8.57. The molecule has 0 bridgehead atoms. The summed E-state index contributed by atoms with van der Waals surface area (Å²) >= 11 is 1.52. The van der Waals surface area contributed by atoms with Gasteiger partial charge >= 0.3 is 5.97 Å². The first-order chi connectivity index (χ1) is 9.35. The van der Waals surface area contributed by atoms with E-state index in [1.165, 1.54) is 11.3 Å². The van der Waals surface area contributed by atoms with E-state index in [1.807, 2.05) is 19.2 Å². The normalized spacial score (nSPS) is 21.8. The number of rotatable bonds is 5. The number of hydrogen-bond donors (Lipinski definition) is 1. The van der Waals surface area contributed by atoms with Crippen molar-refractivity contribution >= 4 is 33.2 Å². The molecule has 1 aromatic rings. The van der Waals surface area contributed by atoms with Crippen molar-refractivity contribution in [3.05, 3.63) is 28.0 Å². The zero-order valence-corrected chi connectivity index (χ0v) is 12.8. The first-order valence-corrected chi connectivity index (χ1v) is 8.90. The summed E-state index contributed by atoms with van der Waals surface area (Å²) in [6, 6.07) is 3.91. The highest BCUT2D eigenvalue weighted by molar-refractivity contribution is 7.91. The van der Waals surface area contributed by atoms with Crippen LogP contribution < -0.4 is 0 Å². The third-order valence-corrected chi connectivity index (χ3v) is 6.10. The number of carboxylic acids is 1. The van der Waals surface area contributed by atoms with E-state index in [2.05, 4.69) is 4.90 Å². The molecule has 2 rings (SSSR count). The summed E-state index contributed by atoms with van der Waals surface area (Å²) in [4.78, 5) is 14.5. The van der Waals surface area contributed by atoms with Crippen LogP contribution in [-0.2, 0) is 21.2 Å². The minimum Gasteiger partial charge on any atom is -0.478 e. The van der Waals surface area contributed by atoms with Crippen LogP contribution in [0.2, 0.25) is 0 Å². The molecule has 0 aliphatic carbocycles. The van der Waals surface area contributed by atoms with Crippen molar-refractivity contribution in [2.45, 2.75) is 19.0 Å². The van der Waals surface area contributed by atoms with E-state index < -0.39 is 15.8 Å². The topological polar surface area (TPSA) is 74.7 Å². The van der Waals surface area contributed by atoms with Gasteiger partial charge in [-0.15, -0.1) is 11.3 Å². The Labute approximate surface area is 122 Å². The minimum absolute atomic E-state index is 0.0834. The Balaban J connectivity index is 1.95. The molecular weight excluding hydrogens is 298 g/mol. The molecule has 7 heteroatoms. The summed E-state index contributed by atoms with van der Waals surface area (Å²) in [7, 11) is -0.932. The van der Waals surface area contributed by atoms with E-state index in [9.17, 15) is 13.2 Å². The van der Waals surface area contributed by atoms with Crippen LogP contribution in [0.25, 0.3) is 6.08 Å². The van der Waals surface area contributed by atoms with E-state index >= 15 is 0 Å². The fourth-order valence-corrected chi connectivity index (χ4v) is 5.00. The average molecular weight is 315 g/mol. The Kier molecular flexibility index (Phi) is 4.62. The Hall–Kier alpha value is -1.18. The van der Waals surface area contributed by atoms with Crippen LogP contribution in [0.3, 0.4) is 0 Å². The van der Waals surface area contributed by atoms with Crippen molar-refractivity contribution < 1.29 is 18.3 Å². The predicted octanol–water partition coefficient (Wildman–Crippen LogP) is 1.46. The lowest BCUT2D eigenvalue weighted by molar-refractivity contribution is -0.131. The smallest absolute Gasteiger partial charge is 0.328 e. The number of carboxylic acid groups (broad SMARTS) is 1. The first kappa shape index (κ1) is 15.2. The van der Waals surface area contributed by atoms with E-state index in [0.29, 0.717) is 13.0 Å². The lowest BCUT2D eigenvalue weighted by Crippen LogP contribution is -2.31. The molecule has 5 nitrogen and oxygen atoms in total. The Morgan fingerprint density at radius 1 is 1.55 bits per heavy atom. The molecule has 1 atom stereocenters. The minimum atomic E-state index is -2.86. The Bertz CT molecular complexity index is 618. The number of thiophene rings is 1. The molecule has 20 heavy (non-hydrogen) atoms. The first-order valence-electron chi connectivity index (χ1n) is 6.26. The number of nitrogens with zero attached hydrogens (tertiary/aromatic N) is 1. The van der Waals surface area contributed by atoms with Gasteiger partial charge < -0.3 is 5.11 Å². The highest BCUT2D eigenvalue weighted by Crippen LogP contribution is 2.23. The molecule has 2 heterocycles. The van der Waals surface area contributed by atoms with E-state index in [0.717, 1.165) is 15.8 Å². The molecule has 1 aliphatic heterocycles. The molecular formula is C13H17NO4S2. The molecule has 0 aromatic carbocycles. The molecule has 110 valence electrons. The van der Waals surface area contributed by atoms with Crippen molar-refractivity contribution in [3.63, 3.8) is 0 Å². The second-order valence-corrected chi connectivity index (χ2v) is 8.38. The Morgan fingerprint density at radius 2 is 2.30 bits per heavy atom. The van der Waals surface area contributed by atoms with Crippen LogP contribution in [-0.4, -0.2) is 49.0 Å². The summed E-state index contributed by atoms with van der Waals surface area (Å²) in [6.45, 7) is 0.686. The Morgan fingerprint density at radius 3 is 2.90 bits per heavy atom. The van der Waals surface area contributed by atoms with Crippen LogP contribution in [0.15, 0.2) is 18.2 Å². The third-order valence-electron chi connectivity index (χ3n) is 3.31. The van der Waals surface area contributed by atoms with Crippen LogP contribution in [0.4, 0.5) is 0 Å². The summed E-state index contributed by atoms with van der Waals surface area (Å²) < 4.78 is 22.9. The number of hydrogen-bond acceptors (Lipinski definition) is 5. The van der Waals surface area contributed by atoms with Crippen LogP contribution in [0.1, 0.15) is 16.2 Å². The number of carbonyl (C=O) groups is 1. The van der Waals surface area contributed by atoms with Gasteiger partial charge in [-0.3, -0.25) is 4.90 Å². The van der Waals surface area contributed by atoms with Gasteiger partial charge in [-0.2, -0.15) is 0 Å². The SMILES string of the molecule is CN(Cc1ccc(C=CC(=O)O)s1)C1CCS(=O)(=O)C1. The van der Waals surface area contributed by atoms with Crippen LogP contribution >= 0.6 is 11.3 Å². The van der Waals surface area contributed by atoms with Gasteiger partial charge in [-0.1, -0.05) is 0 Å². The van der Waals surface area contributed by atoms with E-state index in [1.54, 1.807) is 6.08 Å². The molecule has 1 saturated heterocycles. The lowest BCUT2D eigenvalue weighted by Gasteiger charge is -2.22. The van der Waals surface area contributed by atoms with Gasteiger partial charge in [0.15, 0.2) is 9.84 Å². The van der Waals surface area contributed by atoms with Crippen molar-refractivity contribution in [1.82, 2.24) is 4.90 Å². The molecule has 1 aliphatic rings. The molecule has 0 saturated carbocycles. The molecule has 0 spiro atoms. The number of sulfone groups is 1. The molecule has 1 aromatic heterocycles. The van der Waals surface area contributed by atoms with Crippen molar-refractivity contribution in [3.8, 4) is 0 Å². The lowest BCUT2D eigenvalue weighted by atomic mass is 10.2. The van der Waals surface area contributed by atoms with Crippen molar-refractivity contribution in [1.29, 1.82) is 0 Å². The summed E-state index contributed by atoms with van der Waals surface area (Å²) in [5.74, 6) is -0.451. The largest absolute Gasteiger partial charge is 0.478 e. The second-order valence-electron chi connectivity index (χ2n) is 4.95. The fourth-order valence-electron chi connectivity index (χ4n) is 2.22. The summed E-state index contributed by atoms with van der Waals surface area (Å²) in [5.41, 5.74) is 0. The van der Waals surface area contributed by atoms with E-state index in [-0.39, 0.29) is 17.5 Å². The second kappa shape index (κ2) is 6.07. The van der Waals surface area contributed by atoms with Gasteiger partial charge in [0, 0.05) is 28.4 Å². The summed E-state index contributed by atoms with van der Waals surface area (Å²) in [6.07, 6.45) is 3.37. The van der Waals surface area contributed by atoms with Gasteiger partial charge in [-0.05, 0) is 31.7 Å². The quantitative estimate of drug-likeness (QED) is 0.833. The highest BCUT2D eigenvalue weighted by Gasteiger charge is 2.30. The monoisotopic (exact) mass is 315 g/mol. The maximum Gasteiger partial charge on any atom is 0.328 e. The molecule has 1 unspecified atom stereocenters. The van der Waals surface area contributed by atoms with Gasteiger partial charge in [-0.25, -0.2) is 13.2 Å². The van der Waals surface area contributed by atoms with Gasteiger partial charge in [0.25, 0.3) is 0 Å². The van der Waals surface area contributed by atoms with Gasteiger partial charge in [0.1, 0.15) is 0 Å². The molecule has 0 radical (unpaired) electrons. The molecule has 1 N–H and O–H groups in total. The maximum atomic E-state index is 11.5. The van der Waals surface area contributed by atoms with Crippen LogP contribution in [0.5, 0.6) is 0 Å². The molecule has 0 amide bonds. The predicted molar refractivity (Wildman–Crippen MR) is 79.5 cm³/mol. The van der Waals surface area contributed by atoms with Crippen molar-refractivity contribution in [2.24, 2.45) is 0 Å². The van der Waals surface area contributed by atoms with E-state index in [4.69, 9.17) is 5.11 Å². The van der Waals surface area contributed by atoms with Gasteiger partial charge in [0.05, 0.1) is 11.5 Å². The van der Waals surface area contributed by atoms with Crippen molar-refractivity contribution in [2.75, 3.05) is 18.6 Å².